The van der Waals surface area contributed by atoms with E-state index in [-0.39, 0.29) is 5.91 Å². The van der Waals surface area contributed by atoms with Gasteiger partial charge in [-0.25, -0.2) is 8.42 Å². The average Bonchev–Trinajstić information content (AvgIpc) is 2.47. The molecule has 1 fully saturated rings. The highest BCUT2D eigenvalue weighted by Gasteiger charge is 2.45. The van der Waals surface area contributed by atoms with E-state index in [1.165, 1.54) is 0 Å². The summed E-state index contributed by atoms with van der Waals surface area (Å²) in [4.78, 5) is 12.9. The number of carbonyl (C=O) groups is 1. The van der Waals surface area contributed by atoms with Gasteiger partial charge in [-0.15, -0.1) is 0 Å². The zero-order valence-electron chi connectivity index (χ0n) is 13.8. The monoisotopic (exact) mass is 378 g/mol. The summed E-state index contributed by atoms with van der Waals surface area (Å²) in [6, 6.07) is 14.0. The first-order valence-corrected chi connectivity index (χ1v) is 10.2. The summed E-state index contributed by atoms with van der Waals surface area (Å²) in [6.45, 7) is 0. The fourth-order valence-electron chi connectivity index (χ4n) is 3.05. The van der Waals surface area contributed by atoms with Crippen LogP contribution in [0.1, 0.15) is 24.8 Å². The van der Waals surface area contributed by atoms with Gasteiger partial charge in [0.1, 0.15) is 0 Å². The number of amides is 1. The van der Waals surface area contributed by atoms with Crippen molar-refractivity contribution in [1.82, 2.24) is 0 Å². The van der Waals surface area contributed by atoms with Crippen molar-refractivity contribution in [2.24, 2.45) is 0 Å². The largest absolute Gasteiger partial charge is 0.325 e. The molecule has 0 radical (unpaired) electrons. The highest BCUT2D eigenvalue weighted by molar-refractivity contribution is 7.92. The summed E-state index contributed by atoms with van der Waals surface area (Å²) in [5.74, 6) is -0.0650. The van der Waals surface area contributed by atoms with Crippen molar-refractivity contribution in [1.29, 1.82) is 0 Å². The van der Waals surface area contributed by atoms with Crippen LogP contribution in [0.4, 0.5) is 11.4 Å². The molecule has 5 nitrogen and oxygen atoms in total. The Balaban J connectivity index is 1.77. The quantitative estimate of drug-likeness (QED) is 0.831. The fourth-order valence-corrected chi connectivity index (χ4v) is 3.80. The summed E-state index contributed by atoms with van der Waals surface area (Å²) < 4.78 is 24.9. The van der Waals surface area contributed by atoms with Crippen molar-refractivity contribution in [2.45, 2.75) is 24.7 Å². The van der Waals surface area contributed by atoms with E-state index >= 15 is 0 Å². The predicted molar refractivity (Wildman–Crippen MR) is 101 cm³/mol. The molecule has 0 unspecified atom stereocenters. The van der Waals surface area contributed by atoms with Crippen LogP contribution in [0.15, 0.2) is 48.5 Å². The highest BCUT2D eigenvalue weighted by Crippen LogP contribution is 2.45. The van der Waals surface area contributed by atoms with Crippen LogP contribution in [0.5, 0.6) is 0 Å². The highest BCUT2D eigenvalue weighted by atomic mass is 35.5. The smallest absolute Gasteiger partial charge is 0.235 e. The van der Waals surface area contributed by atoms with Crippen LogP contribution in [-0.2, 0) is 20.2 Å². The maximum absolute atomic E-state index is 12.9. The number of halogens is 1. The third-order valence-electron chi connectivity index (χ3n) is 4.46. The number of hydrogen-bond acceptors (Lipinski definition) is 3. The molecule has 7 heteroatoms. The van der Waals surface area contributed by atoms with Gasteiger partial charge >= 0.3 is 0 Å². The lowest BCUT2D eigenvalue weighted by Crippen LogP contribution is -2.46. The van der Waals surface area contributed by atoms with Gasteiger partial charge in [-0.05, 0) is 54.8 Å². The van der Waals surface area contributed by atoms with Crippen LogP contribution in [0.3, 0.4) is 0 Å². The summed E-state index contributed by atoms with van der Waals surface area (Å²) in [5, 5.41) is 3.55. The molecule has 0 aliphatic heterocycles. The van der Waals surface area contributed by atoms with E-state index < -0.39 is 15.4 Å². The maximum atomic E-state index is 12.9. The second-order valence-electron chi connectivity index (χ2n) is 6.35. The van der Waals surface area contributed by atoms with Crippen molar-refractivity contribution in [3.8, 4) is 0 Å². The Morgan fingerprint density at radius 2 is 1.72 bits per heavy atom. The average molecular weight is 379 g/mol. The Hall–Kier alpha value is -2.05. The second kappa shape index (κ2) is 6.69. The summed E-state index contributed by atoms with van der Waals surface area (Å²) >= 11 is 6.08. The molecule has 3 rings (SSSR count). The molecule has 2 N–H and O–H groups in total. The van der Waals surface area contributed by atoms with E-state index in [2.05, 4.69) is 10.0 Å². The van der Waals surface area contributed by atoms with Gasteiger partial charge in [-0.2, -0.15) is 0 Å². The lowest BCUT2D eigenvalue weighted by Gasteiger charge is -2.40. The standard InChI is InChI=1S/C18H19ClN2O3S/c1-25(23,24)21-16-8-6-15(7-9-16)20-17(22)18(10-3-11-18)13-4-2-5-14(19)12-13/h2,4-9,12,21H,3,10-11H2,1H3,(H,20,22). The molecule has 25 heavy (non-hydrogen) atoms. The molecule has 0 saturated heterocycles. The van der Waals surface area contributed by atoms with E-state index in [0.29, 0.717) is 16.4 Å². The van der Waals surface area contributed by atoms with Crippen molar-refractivity contribution >= 4 is 38.9 Å². The number of hydrogen-bond donors (Lipinski definition) is 2. The van der Waals surface area contributed by atoms with Crippen molar-refractivity contribution in [3.63, 3.8) is 0 Å². The van der Waals surface area contributed by atoms with E-state index in [4.69, 9.17) is 11.6 Å². The molecule has 0 heterocycles. The van der Waals surface area contributed by atoms with Gasteiger partial charge < -0.3 is 5.32 Å². The van der Waals surface area contributed by atoms with Gasteiger partial charge in [0.2, 0.25) is 15.9 Å². The second-order valence-corrected chi connectivity index (χ2v) is 8.54. The number of anilines is 2. The number of benzene rings is 2. The van der Waals surface area contributed by atoms with Crippen LogP contribution < -0.4 is 10.0 Å². The lowest BCUT2D eigenvalue weighted by atomic mass is 9.64. The molecule has 0 bridgehead atoms. The number of sulfonamides is 1. The number of carbonyl (C=O) groups excluding carboxylic acids is 1. The first-order valence-electron chi connectivity index (χ1n) is 7.94. The van der Waals surface area contributed by atoms with Crippen LogP contribution in [-0.4, -0.2) is 20.6 Å². The molecule has 0 spiro atoms. The van der Waals surface area contributed by atoms with Gasteiger partial charge in [0.15, 0.2) is 0 Å². The minimum Gasteiger partial charge on any atom is -0.325 e. The molecule has 0 atom stereocenters. The van der Waals surface area contributed by atoms with Crippen LogP contribution >= 0.6 is 11.6 Å². The zero-order valence-corrected chi connectivity index (χ0v) is 15.3. The maximum Gasteiger partial charge on any atom is 0.235 e. The van der Waals surface area contributed by atoms with E-state index in [9.17, 15) is 13.2 Å². The SMILES string of the molecule is CS(=O)(=O)Nc1ccc(NC(=O)C2(c3cccc(Cl)c3)CCC2)cc1. The molecule has 1 aliphatic rings. The molecule has 2 aromatic rings. The number of nitrogens with one attached hydrogen (secondary N) is 2. The first-order chi connectivity index (χ1) is 11.8. The van der Waals surface area contributed by atoms with Crippen LogP contribution in [0.25, 0.3) is 0 Å². The first kappa shape index (κ1) is 17.8. The summed E-state index contributed by atoms with van der Waals surface area (Å²) in [7, 11) is -3.32. The van der Waals surface area contributed by atoms with Gasteiger partial charge in [0.25, 0.3) is 0 Å². The van der Waals surface area contributed by atoms with Crippen molar-refractivity contribution in [2.75, 3.05) is 16.3 Å². The Bertz CT molecular complexity index is 891. The third kappa shape index (κ3) is 3.96. The van der Waals surface area contributed by atoms with Crippen molar-refractivity contribution < 1.29 is 13.2 Å². The lowest BCUT2D eigenvalue weighted by molar-refractivity contribution is -0.124. The normalized spacial score (nSPS) is 15.9. The minimum atomic E-state index is -3.32. The number of rotatable bonds is 5. The summed E-state index contributed by atoms with van der Waals surface area (Å²) in [5.41, 5.74) is 1.46. The summed E-state index contributed by atoms with van der Waals surface area (Å²) in [6.07, 6.45) is 3.66. The Kier molecular flexibility index (Phi) is 4.75. The van der Waals surface area contributed by atoms with E-state index in [0.717, 1.165) is 31.1 Å². The van der Waals surface area contributed by atoms with E-state index in [1.807, 2.05) is 18.2 Å². The molecule has 2 aromatic carbocycles. The van der Waals surface area contributed by atoms with E-state index in [1.54, 1.807) is 30.3 Å². The Morgan fingerprint density at radius 3 is 2.24 bits per heavy atom. The third-order valence-corrected chi connectivity index (χ3v) is 5.31. The van der Waals surface area contributed by atoms with Gasteiger partial charge in [0, 0.05) is 16.4 Å². The molecule has 132 valence electrons. The molecule has 1 amide bonds. The van der Waals surface area contributed by atoms with Crippen molar-refractivity contribution in [3.05, 3.63) is 59.1 Å². The minimum absolute atomic E-state index is 0.0650. The van der Waals surface area contributed by atoms with Gasteiger partial charge in [-0.3, -0.25) is 9.52 Å². The Labute approximate surface area is 152 Å². The van der Waals surface area contributed by atoms with Gasteiger partial charge in [-0.1, -0.05) is 30.2 Å². The molecular formula is C18H19ClN2O3S. The molecular weight excluding hydrogens is 360 g/mol. The molecule has 1 saturated carbocycles. The van der Waals surface area contributed by atoms with Crippen LogP contribution in [0.2, 0.25) is 5.02 Å². The molecule has 0 aromatic heterocycles. The van der Waals surface area contributed by atoms with Gasteiger partial charge in [0.05, 0.1) is 11.7 Å². The Morgan fingerprint density at radius 1 is 1.08 bits per heavy atom. The zero-order chi connectivity index (χ0) is 18.1. The van der Waals surface area contributed by atoms with Crippen LogP contribution in [0, 0.1) is 0 Å². The molecule has 1 aliphatic carbocycles. The fraction of sp³-hybridized carbons (Fsp3) is 0.278. The topological polar surface area (TPSA) is 75.3 Å². The predicted octanol–water partition coefficient (Wildman–Crippen LogP) is 3.77.